The van der Waals surface area contributed by atoms with E-state index in [1.165, 1.54) is 12.8 Å². The maximum Gasteiger partial charge on any atom is 0.224 e. The van der Waals surface area contributed by atoms with Gasteiger partial charge in [0.05, 0.1) is 0 Å². The lowest BCUT2D eigenvalue weighted by Gasteiger charge is -2.28. The van der Waals surface area contributed by atoms with Gasteiger partial charge in [0.25, 0.3) is 0 Å². The number of fused-ring (bicyclic) bond motifs is 2. The Morgan fingerprint density at radius 1 is 1.33 bits per heavy atom. The van der Waals surface area contributed by atoms with Gasteiger partial charge in [0, 0.05) is 36.8 Å². The van der Waals surface area contributed by atoms with Gasteiger partial charge >= 0.3 is 0 Å². The zero-order chi connectivity index (χ0) is 16.5. The first-order valence-electron chi connectivity index (χ1n) is 8.56. The number of nitrogens with one attached hydrogen (secondary N) is 2. The highest BCUT2D eigenvalue weighted by Gasteiger charge is 2.34. The van der Waals surface area contributed by atoms with Gasteiger partial charge in [0.2, 0.25) is 5.91 Å². The van der Waals surface area contributed by atoms with Gasteiger partial charge in [-0.25, -0.2) is 4.68 Å². The third kappa shape index (κ3) is 3.17. The Balaban J connectivity index is 1.40. The molecule has 0 radical (unpaired) electrons. The van der Waals surface area contributed by atoms with Crippen LogP contribution in [0.15, 0.2) is 24.3 Å². The van der Waals surface area contributed by atoms with Crippen LogP contribution in [0, 0.1) is 5.92 Å². The molecule has 1 aromatic heterocycles. The fraction of sp³-hybridized carbons (Fsp3) is 0.529. The third-order valence-corrected chi connectivity index (χ3v) is 5.07. The van der Waals surface area contributed by atoms with Crippen LogP contribution in [0.25, 0.3) is 11.4 Å². The van der Waals surface area contributed by atoms with Gasteiger partial charge in [-0.15, -0.1) is 5.10 Å². The summed E-state index contributed by atoms with van der Waals surface area (Å²) in [7, 11) is 1.80. The highest BCUT2D eigenvalue weighted by molar-refractivity contribution is 5.91. The molecule has 0 aliphatic carbocycles. The average Bonchev–Trinajstić information content (AvgIpc) is 3.13. The molecule has 2 fully saturated rings. The van der Waals surface area contributed by atoms with Gasteiger partial charge in [-0.2, -0.15) is 0 Å². The SMILES string of the molecule is Cn1nnnc1-c1cccc(NC(=O)CC2CC3CCC(C2)N3)c1. The summed E-state index contributed by atoms with van der Waals surface area (Å²) < 4.78 is 1.62. The van der Waals surface area contributed by atoms with Gasteiger partial charge in [-0.3, -0.25) is 4.79 Å². The van der Waals surface area contributed by atoms with Crippen molar-refractivity contribution in [1.82, 2.24) is 25.5 Å². The van der Waals surface area contributed by atoms with Crippen molar-refractivity contribution in [1.29, 1.82) is 0 Å². The topological polar surface area (TPSA) is 84.7 Å². The van der Waals surface area contributed by atoms with Gasteiger partial charge in [-0.05, 0) is 54.2 Å². The molecule has 2 aliphatic heterocycles. The number of piperidine rings is 1. The van der Waals surface area contributed by atoms with Crippen molar-refractivity contribution in [3.05, 3.63) is 24.3 Å². The maximum absolute atomic E-state index is 12.4. The largest absolute Gasteiger partial charge is 0.326 e. The van der Waals surface area contributed by atoms with E-state index in [2.05, 4.69) is 26.2 Å². The highest BCUT2D eigenvalue weighted by Crippen LogP contribution is 2.32. The van der Waals surface area contributed by atoms with E-state index in [9.17, 15) is 4.79 Å². The molecule has 1 aromatic carbocycles. The number of nitrogens with zero attached hydrogens (tertiary/aromatic N) is 4. The minimum Gasteiger partial charge on any atom is -0.326 e. The summed E-state index contributed by atoms with van der Waals surface area (Å²) in [5.74, 6) is 1.27. The number of rotatable bonds is 4. The number of benzene rings is 1. The fourth-order valence-electron chi connectivity index (χ4n) is 4.03. The summed E-state index contributed by atoms with van der Waals surface area (Å²) in [6.45, 7) is 0. The molecule has 4 rings (SSSR count). The number of carbonyl (C=O) groups excluding carboxylic acids is 1. The second kappa shape index (κ2) is 6.32. The fourth-order valence-corrected chi connectivity index (χ4v) is 4.03. The molecule has 2 aliphatic rings. The Labute approximate surface area is 140 Å². The standard InChI is InChI=1S/C17H22N6O/c1-23-17(20-21-22-23)12-3-2-4-13(10-12)19-16(24)9-11-7-14-5-6-15(8-11)18-14/h2-4,10-11,14-15,18H,5-9H2,1H3,(H,19,24). The van der Waals surface area contributed by atoms with E-state index in [1.54, 1.807) is 11.7 Å². The number of carbonyl (C=O) groups is 1. The second-order valence-corrected chi connectivity index (χ2v) is 6.93. The molecular weight excluding hydrogens is 304 g/mol. The predicted octanol–water partition coefficient (Wildman–Crippen LogP) is 1.74. The van der Waals surface area contributed by atoms with Crippen LogP contribution in [0.2, 0.25) is 0 Å². The maximum atomic E-state index is 12.4. The van der Waals surface area contributed by atoms with Crippen molar-refractivity contribution in [2.24, 2.45) is 13.0 Å². The molecular formula is C17H22N6O. The summed E-state index contributed by atoms with van der Waals surface area (Å²) in [6.07, 6.45) is 5.36. The van der Waals surface area contributed by atoms with Crippen LogP contribution in [-0.2, 0) is 11.8 Å². The van der Waals surface area contributed by atoms with Crippen LogP contribution < -0.4 is 10.6 Å². The number of anilines is 1. The summed E-state index contributed by atoms with van der Waals surface area (Å²) in [4.78, 5) is 12.4. The quantitative estimate of drug-likeness (QED) is 0.894. The second-order valence-electron chi connectivity index (χ2n) is 6.93. The Morgan fingerprint density at radius 3 is 2.83 bits per heavy atom. The van der Waals surface area contributed by atoms with Crippen LogP contribution in [0.5, 0.6) is 0 Å². The molecule has 2 N–H and O–H groups in total. The van der Waals surface area contributed by atoms with Gasteiger partial charge in [0.15, 0.2) is 5.82 Å². The van der Waals surface area contributed by atoms with Crippen LogP contribution >= 0.6 is 0 Å². The van der Waals surface area contributed by atoms with E-state index in [1.807, 2.05) is 24.3 Å². The van der Waals surface area contributed by atoms with Gasteiger partial charge < -0.3 is 10.6 Å². The molecule has 2 aromatic rings. The summed E-state index contributed by atoms with van der Waals surface area (Å²) >= 11 is 0. The molecule has 2 bridgehead atoms. The van der Waals surface area contributed by atoms with E-state index >= 15 is 0 Å². The molecule has 1 amide bonds. The number of hydrogen-bond donors (Lipinski definition) is 2. The molecule has 7 heteroatoms. The Bertz CT molecular complexity index is 730. The van der Waals surface area contributed by atoms with E-state index in [0.29, 0.717) is 30.2 Å². The molecule has 2 atom stereocenters. The van der Waals surface area contributed by atoms with E-state index in [0.717, 1.165) is 24.1 Å². The lowest BCUT2D eigenvalue weighted by Crippen LogP contribution is -2.39. The molecule has 0 spiro atoms. The number of aromatic nitrogens is 4. The number of hydrogen-bond acceptors (Lipinski definition) is 5. The molecule has 0 saturated carbocycles. The Kier molecular flexibility index (Phi) is 4.02. The Morgan fingerprint density at radius 2 is 2.12 bits per heavy atom. The van der Waals surface area contributed by atoms with Crippen molar-refractivity contribution in [3.63, 3.8) is 0 Å². The zero-order valence-corrected chi connectivity index (χ0v) is 13.8. The Hall–Kier alpha value is -2.28. The average molecular weight is 326 g/mol. The first-order valence-corrected chi connectivity index (χ1v) is 8.56. The number of tetrazole rings is 1. The van der Waals surface area contributed by atoms with E-state index in [-0.39, 0.29) is 5.91 Å². The van der Waals surface area contributed by atoms with Crippen molar-refractivity contribution in [2.45, 2.75) is 44.2 Å². The lowest BCUT2D eigenvalue weighted by molar-refractivity contribution is -0.117. The predicted molar refractivity (Wildman–Crippen MR) is 90.2 cm³/mol. The van der Waals surface area contributed by atoms with Crippen LogP contribution in [-0.4, -0.2) is 38.2 Å². The van der Waals surface area contributed by atoms with Gasteiger partial charge in [0.1, 0.15) is 0 Å². The van der Waals surface area contributed by atoms with Crippen molar-refractivity contribution < 1.29 is 4.79 Å². The first kappa shape index (κ1) is 15.3. The minimum absolute atomic E-state index is 0.0922. The molecule has 2 saturated heterocycles. The first-order chi connectivity index (χ1) is 11.7. The smallest absolute Gasteiger partial charge is 0.224 e. The monoisotopic (exact) mass is 326 g/mol. The van der Waals surface area contributed by atoms with E-state index in [4.69, 9.17) is 0 Å². The van der Waals surface area contributed by atoms with Crippen LogP contribution in [0.1, 0.15) is 32.1 Å². The van der Waals surface area contributed by atoms with Gasteiger partial charge in [-0.1, -0.05) is 12.1 Å². The summed E-state index contributed by atoms with van der Waals surface area (Å²) in [5.41, 5.74) is 1.68. The molecule has 7 nitrogen and oxygen atoms in total. The summed E-state index contributed by atoms with van der Waals surface area (Å²) in [5, 5.41) is 18.1. The number of amides is 1. The van der Waals surface area contributed by atoms with E-state index < -0.39 is 0 Å². The summed E-state index contributed by atoms with van der Waals surface area (Å²) in [6, 6.07) is 8.89. The molecule has 126 valence electrons. The normalized spacial score (nSPS) is 25.6. The lowest BCUT2D eigenvalue weighted by atomic mass is 9.89. The molecule has 3 heterocycles. The van der Waals surface area contributed by atoms with Crippen molar-refractivity contribution in [3.8, 4) is 11.4 Å². The third-order valence-electron chi connectivity index (χ3n) is 5.07. The molecule has 2 unspecified atom stereocenters. The van der Waals surface area contributed by atoms with Crippen LogP contribution in [0.4, 0.5) is 5.69 Å². The molecule has 24 heavy (non-hydrogen) atoms. The number of aryl methyl sites for hydroxylation is 1. The zero-order valence-electron chi connectivity index (χ0n) is 13.8. The minimum atomic E-state index is 0.0922. The van der Waals surface area contributed by atoms with Crippen LogP contribution in [0.3, 0.4) is 0 Å². The highest BCUT2D eigenvalue weighted by atomic mass is 16.1. The van der Waals surface area contributed by atoms with Crippen molar-refractivity contribution in [2.75, 3.05) is 5.32 Å². The van der Waals surface area contributed by atoms with Crippen molar-refractivity contribution >= 4 is 11.6 Å².